The van der Waals surface area contributed by atoms with Crippen LogP contribution in [0.15, 0.2) is 72.9 Å². The summed E-state index contributed by atoms with van der Waals surface area (Å²) in [5.41, 5.74) is 0. The van der Waals surface area contributed by atoms with Crippen molar-refractivity contribution in [3.63, 3.8) is 0 Å². The molecule has 0 aromatic carbocycles. The van der Waals surface area contributed by atoms with Gasteiger partial charge < -0.3 is 14.2 Å². The summed E-state index contributed by atoms with van der Waals surface area (Å²) in [6.45, 7) is 6.57. The summed E-state index contributed by atoms with van der Waals surface area (Å²) in [7, 11) is 0. The summed E-state index contributed by atoms with van der Waals surface area (Å²) >= 11 is 0. The summed E-state index contributed by atoms with van der Waals surface area (Å²) in [5, 5.41) is 0. The number of esters is 3. The van der Waals surface area contributed by atoms with Crippen LogP contribution in [0.2, 0.25) is 0 Å². The molecule has 0 spiro atoms. The fourth-order valence-corrected chi connectivity index (χ4v) is 9.74. The maximum atomic E-state index is 12.9. The summed E-state index contributed by atoms with van der Waals surface area (Å²) in [5.74, 6) is -0.860. The number of carbonyl (C=O) groups is 3. The van der Waals surface area contributed by atoms with Crippen molar-refractivity contribution in [1.29, 1.82) is 0 Å². The number of rotatable bonds is 61. The highest BCUT2D eigenvalue weighted by atomic mass is 16.6. The van der Waals surface area contributed by atoms with E-state index in [1.807, 2.05) is 0 Å². The zero-order chi connectivity index (χ0) is 55.7. The van der Waals surface area contributed by atoms with Crippen molar-refractivity contribution in [3.8, 4) is 0 Å². The molecule has 0 aliphatic rings. The first-order valence-electron chi connectivity index (χ1n) is 33.4. The van der Waals surface area contributed by atoms with Gasteiger partial charge in [0.25, 0.3) is 0 Å². The molecular weight excluding hydrogens is 949 g/mol. The van der Waals surface area contributed by atoms with Crippen LogP contribution in [0.4, 0.5) is 0 Å². The molecule has 0 saturated heterocycles. The van der Waals surface area contributed by atoms with Crippen molar-refractivity contribution in [2.45, 2.75) is 348 Å². The lowest BCUT2D eigenvalue weighted by Gasteiger charge is -2.18. The molecule has 0 aromatic rings. The fraction of sp³-hybridized carbons (Fsp3) is 0.789. The van der Waals surface area contributed by atoms with Gasteiger partial charge in [0.1, 0.15) is 13.2 Å². The molecule has 6 nitrogen and oxygen atoms in total. The van der Waals surface area contributed by atoms with Gasteiger partial charge in [-0.3, -0.25) is 14.4 Å². The van der Waals surface area contributed by atoms with E-state index in [9.17, 15) is 14.4 Å². The molecule has 0 fully saturated rings. The smallest absolute Gasteiger partial charge is 0.306 e. The number of carbonyl (C=O) groups excluding carboxylic acids is 3. The molecule has 1 atom stereocenters. The Morgan fingerprint density at radius 3 is 0.792 bits per heavy atom. The normalized spacial score (nSPS) is 12.5. The number of hydrogen-bond acceptors (Lipinski definition) is 6. The Bertz CT molecular complexity index is 1420. The van der Waals surface area contributed by atoms with Gasteiger partial charge in [-0.25, -0.2) is 0 Å². The van der Waals surface area contributed by atoms with Crippen LogP contribution in [0.25, 0.3) is 0 Å². The topological polar surface area (TPSA) is 78.9 Å². The number of allylic oxidation sites excluding steroid dienone is 12. The fourth-order valence-electron chi connectivity index (χ4n) is 9.74. The average Bonchev–Trinajstić information content (AvgIpc) is 3.43. The zero-order valence-electron chi connectivity index (χ0n) is 51.2. The zero-order valence-corrected chi connectivity index (χ0v) is 51.2. The third kappa shape index (κ3) is 63.6. The van der Waals surface area contributed by atoms with Crippen LogP contribution >= 0.6 is 0 Å². The number of hydrogen-bond donors (Lipinski definition) is 0. The number of ether oxygens (including phenoxy) is 3. The first kappa shape index (κ1) is 73.8. The monoisotopic (exact) mass is 1070 g/mol. The molecule has 0 amide bonds. The second-order valence-electron chi connectivity index (χ2n) is 22.4. The van der Waals surface area contributed by atoms with Crippen LogP contribution in [-0.4, -0.2) is 37.2 Å². The standard InChI is InChI=1S/C71H126O6/c1-4-7-10-13-16-19-22-25-28-30-32-33-34-35-36-37-38-39-40-42-43-46-49-52-55-58-61-64-70(73)76-67-68(66-75-69(72)63-60-57-54-51-48-45-27-24-21-18-15-12-9-6-3)77-71(74)65-62-59-56-53-50-47-44-41-31-29-26-23-20-17-14-11-8-5-2/h7,10,16,19,25,28,32-33,35-36,38-39,68H,4-6,8-9,11-15,17-18,20-24,26-27,29-31,34,37,40-67H2,1-3H3/b10-7-,19-16-,28-25-,33-32-,36-35-,39-38-. The van der Waals surface area contributed by atoms with Gasteiger partial charge in [-0.05, 0) is 70.6 Å². The molecule has 0 aromatic heterocycles. The second kappa shape index (κ2) is 65.4. The van der Waals surface area contributed by atoms with E-state index in [1.54, 1.807) is 0 Å². The van der Waals surface area contributed by atoms with E-state index >= 15 is 0 Å². The predicted molar refractivity (Wildman–Crippen MR) is 335 cm³/mol. The first-order chi connectivity index (χ1) is 38.0. The van der Waals surface area contributed by atoms with E-state index in [0.717, 1.165) is 103 Å². The Hall–Kier alpha value is -3.15. The molecule has 446 valence electrons. The van der Waals surface area contributed by atoms with Gasteiger partial charge >= 0.3 is 17.9 Å². The average molecular weight is 1080 g/mol. The molecule has 0 heterocycles. The van der Waals surface area contributed by atoms with Crippen molar-refractivity contribution in [2.24, 2.45) is 0 Å². The minimum absolute atomic E-state index is 0.0724. The van der Waals surface area contributed by atoms with E-state index < -0.39 is 6.10 Å². The van der Waals surface area contributed by atoms with Crippen LogP contribution in [0.3, 0.4) is 0 Å². The molecular formula is C71H126O6. The van der Waals surface area contributed by atoms with Gasteiger partial charge in [0.15, 0.2) is 6.10 Å². The van der Waals surface area contributed by atoms with E-state index in [1.165, 1.54) is 199 Å². The highest BCUT2D eigenvalue weighted by molar-refractivity contribution is 5.71. The molecule has 0 radical (unpaired) electrons. The van der Waals surface area contributed by atoms with Crippen LogP contribution in [0.5, 0.6) is 0 Å². The van der Waals surface area contributed by atoms with Crippen LogP contribution in [-0.2, 0) is 28.6 Å². The third-order valence-corrected chi connectivity index (χ3v) is 14.7. The molecule has 77 heavy (non-hydrogen) atoms. The minimum atomic E-state index is -0.776. The predicted octanol–water partition coefficient (Wildman–Crippen LogP) is 22.9. The summed E-state index contributed by atoms with van der Waals surface area (Å²) in [6, 6.07) is 0. The quantitative estimate of drug-likeness (QED) is 0.0261. The largest absolute Gasteiger partial charge is 0.462 e. The lowest BCUT2D eigenvalue weighted by Crippen LogP contribution is -2.30. The van der Waals surface area contributed by atoms with Crippen molar-refractivity contribution < 1.29 is 28.6 Å². The van der Waals surface area contributed by atoms with E-state index in [-0.39, 0.29) is 31.1 Å². The second-order valence-corrected chi connectivity index (χ2v) is 22.4. The van der Waals surface area contributed by atoms with Gasteiger partial charge in [0, 0.05) is 19.3 Å². The molecule has 0 aliphatic carbocycles. The van der Waals surface area contributed by atoms with Gasteiger partial charge in [0.2, 0.25) is 0 Å². The highest BCUT2D eigenvalue weighted by Crippen LogP contribution is 2.18. The van der Waals surface area contributed by atoms with Crippen molar-refractivity contribution in [3.05, 3.63) is 72.9 Å². The molecule has 0 bridgehead atoms. The maximum absolute atomic E-state index is 12.9. The maximum Gasteiger partial charge on any atom is 0.306 e. The van der Waals surface area contributed by atoms with E-state index in [4.69, 9.17) is 14.2 Å². The van der Waals surface area contributed by atoms with E-state index in [2.05, 4.69) is 93.7 Å². The van der Waals surface area contributed by atoms with Crippen molar-refractivity contribution >= 4 is 17.9 Å². The van der Waals surface area contributed by atoms with Crippen LogP contribution < -0.4 is 0 Å². The molecule has 1 unspecified atom stereocenters. The Balaban J connectivity index is 4.31. The Labute approximate surface area is 478 Å². The van der Waals surface area contributed by atoms with Gasteiger partial charge in [-0.2, -0.15) is 0 Å². The lowest BCUT2D eigenvalue weighted by atomic mass is 10.0. The molecule has 0 N–H and O–H groups in total. The molecule has 0 rings (SSSR count). The van der Waals surface area contributed by atoms with Gasteiger partial charge in [0.05, 0.1) is 0 Å². The molecule has 6 heteroatoms. The highest BCUT2D eigenvalue weighted by Gasteiger charge is 2.19. The summed E-state index contributed by atoms with van der Waals surface area (Å²) < 4.78 is 17.0. The van der Waals surface area contributed by atoms with Crippen molar-refractivity contribution in [2.75, 3.05) is 13.2 Å². The number of unbranched alkanes of at least 4 members (excludes halogenated alkanes) is 38. The minimum Gasteiger partial charge on any atom is -0.462 e. The Kier molecular flexibility index (Phi) is 62.7. The van der Waals surface area contributed by atoms with Gasteiger partial charge in [-0.1, -0.05) is 325 Å². The van der Waals surface area contributed by atoms with Crippen LogP contribution in [0.1, 0.15) is 342 Å². The van der Waals surface area contributed by atoms with Crippen molar-refractivity contribution in [1.82, 2.24) is 0 Å². The molecule has 0 aliphatic heterocycles. The van der Waals surface area contributed by atoms with E-state index in [0.29, 0.717) is 19.3 Å². The van der Waals surface area contributed by atoms with Gasteiger partial charge in [-0.15, -0.1) is 0 Å². The van der Waals surface area contributed by atoms with Crippen LogP contribution in [0, 0.1) is 0 Å². The molecule has 0 saturated carbocycles. The first-order valence-corrected chi connectivity index (χ1v) is 33.4. The SMILES string of the molecule is CC/C=C\C/C=C\C/C=C\C/C=C\C/C=C\C/C=C\CCCCCCCCCCC(=O)OCC(COC(=O)CCCCCCCCCCCCCCCC)OC(=O)CCCCCCCCCCCCCCCCCCCC. The lowest BCUT2D eigenvalue weighted by molar-refractivity contribution is -0.167. The Morgan fingerprint density at radius 2 is 0.506 bits per heavy atom. The summed E-state index contributed by atoms with van der Waals surface area (Å²) in [6.07, 6.45) is 84.8. The third-order valence-electron chi connectivity index (χ3n) is 14.7. The summed E-state index contributed by atoms with van der Waals surface area (Å²) in [4.78, 5) is 38.4. The Morgan fingerprint density at radius 1 is 0.273 bits per heavy atom.